The highest BCUT2D eigenvalue weighted by atomic mass is 35.5. The Morgan fingerprint density at radius 2 is 2.06 bits per heavy atom. The number of nitrogens with zero attached hydrogens (tertiary/aromatic N) is 3. The van der Waals surface area contributed by atoms with Crippen LogP contribution in [0.2, 0.25) is 0 Å². The number of fused-ring (bicyclic) bond motifs is 1. The number of ether oxygens (including phenoxy) is 2. The molecule has 0 bridgehead atoms. The van der Waals surface area contributed by atoms with Crippen molar-refractivity contribution in [3.63, 3.8) is 0 Å². The van der Waals surface area contributed by atoms with Crippen LogP contribution in [0.3, 0.4) is 0 Å². The quantitative estimate of drug-likeness (QED) is 0.419. The maximum absolute atomic E-state index is 13.5. The highest BCUT2D eigenvalue weighted by molar-refractivity contribution is 7.98. The molecule has 0 saturated carbocycles. The van der Waals surface area contributed by atoms with Gasteiger partial charge in [-0.1, -0.05) is 17.4 Å². The molecule has 0 unspecified atom stereocenters. The lowest BCUT2D eigenvalue weighted by molar-refractivity contribution is 0.0376. The van der Waals surface area contributed by atoms with Gasteiger partial charge in [-0.3, -0.25) is 14.6 Å². The van der Waals surface area contributed by atoms with Gasteiger partial charge in [0.05, 0.1) is 30.5 Å². The average Bonchev–Trinajstić information content (AvgIpc) is 3.25. The molecule has 4 rings (SSSR count). The van der Waals surface area contributed by atoms with Crippen LogP contribution < -0.4 is 9.64 Å². The lowest BCUT2D eigenvalue weighted by Gasteiger charge is -2.27. The van der Waals surface area contributed by atoms with E-state index in [2.05, 4.69) is 4.90 Å². The Kier molecular flexibility index (Phi) is 9.19. The van der Waals surface area contributed by atoms with E-state index >= 15 is 0 Å². The molecule has 6 nitrogen and oxygen atoms in total. The SMILES string of the molecule is COc1ccc2sc(N(CCCN3CCOCC3)C(=O)c3cccc(SC)c3)nc2c1.Cl. The standard InChI is InChI=1S/C23H27N3O3S2.ClH/c1-28-18-7-8-21-20(16-18)24-23(31-21)26(10-4-9-25-11-13-29-14-12-25)22(27)17-5-3-6-19(15-17)30-2;/h3,5-8,15-16H,4,9-14H2,1-2H3;1H. The number of thioether (sulfide) groups is 1. The summed E-state index contributed by atoms with van der Waals surface area (Å²) in [6.45, 7) is 5.02. The van der Waals surface area contributed by atoms with Crippen molar-refractivity contribution in [2.24, 2.45) is 0 Å². The van der Waals surface area contributed by atoms with Gasteiger partial charge in [-0.15, -0.1) is 24.2 Å². The van der Waals surface area contributed by atoms with E-state index in [1.807, 2.05) is 53.6 Å². The van der Waals surface area contributed by atoms with Crippen LogP contribution in [0, 0.1) is 0 Å². The third kappa shape index (κ3) is 5.94. The summed E-state index contributed by atoms with van der Waals surface area (Å²) in [5.41, 5.74) is 1.54. The number of carbonyl (C=O) groups excluding carboxylic acids is 1. The van der Waals surface area contributed by atoms with Gasteiger partial charge in [-0.25, -0.2) is 4.98 Å². The molecule has 3 aromatic rings. The number of methoxy groups -OCH3 is 1. The van der Waals surface area contributed by atoms with Crippen molar-refractivity contribution in [1.82, 2.24) is 9.88 Å². The predicted octanol–water partition coefficient (Wildman–Crippen LogP) is 4.82. The van der Waals surface area contributed by atoms with Crippen LogP contribution in [0.25, 0.3) is 10.2 Å². The molecule has 2 aromatic carbocycles. The summed E-state index contributed by atoms with van der Waals surface area (Å²) in [4.78, 5) is 23.6. The first kappa shape index (κ1) is 24.8. The van der Waals surface area contributed by atoms with Gasteiger partial charge in [0.2, 0.25) is 0 Å². The molecule has 1 aromatic heterocycles. The fraction of sp³-hybridized carbons (Fsp3) is 0.391. The number of rotatable bonds is 8. The van der Waals surface area contributed by atoms with Gasteiger partial charge in [0.15, 0.2) is 5.13 Å². The van der Waals surface area contributed by atoms with Crippen LogP contribution in [0.5, 0.6) is 5.75 Å². The number of anilines is 1. The minimum Gasteiger partial charge on any atom is -0.497 e. The first-order chi connectivity index (χ1) is 15.2. The molecule has 1 aliphatic heterocycles. The number of morpholine rings is 1. The molecule has 0 spiro atoms. The van der Waals surface area contributed by atoms with Crippen LogP contribution in [0.4, 0.5) is 5.13 Å². The van der Waals surface area contributed by atoms with Crippen LogP contribution >= 0.6 is 35.5 Å². The lowest BCUT2D eigenvalue weighted by Crippen LogP contribution is -2.39. The van der Waals surface area contributed by atoms with Crippen molar-refractivity contribution in [1.29, 1.82) is 0 Å². The van der Waals surface area contributed by atoms with E-state index in [0.29, 0.717) is 12.1 Å². The summed E-state index contributed by atoms with van der Waals surface area (Å²) in [5, 5.41) is 0.727. The number of hydrogen-bond donors (Lipinski definition) is 0. The number of amides is 1. The van der Waals surface area contributed by atoms with E-state index in [4.69, 9.17) is 14.5 Å². The molecular formula is C23H28ClN3O3S2. The van der Waals surface area contributed by atoms with Gasteiger partial charge < -0.3 is 9.47 Å². The summed E-state index contributed by atoms with van der Waals surface area (Å²) >= 11 is 3.18. The summed E-state index contributed by atoms with van der Waals surface area (Å²) in [5.74, 6) is 0.756. The zero-order chi connectivity index (χ0) is 21.6. The highest BCUT2D eigenvalue weighted by Gasteiger charge is 2.22. The molecule has 172 valence electrons. The van der Waals surface area contributed by atoms with Crippen LogP contribution in [-0.4, -0.2) is 68.5 Å². The van der Waals surface area contributed by atoms with E-state index in [-0.39, 0.29) is 18.3 Å². The van der Waals surface area contributed by atoms with Crippen molar-refractivity contribution in [3.8, 4) is 5.75 Å². The number of halogens is 1. The maximum Gasteiger partial charge on any atom is 0.260 e. The second kappa shape index (κ2) is 11.9. The number of carbonyl (C=O) groups is 1. The zero-order valence-corrected chi connectivity index (χ0v) is 20.7. The van der Waals surface area contributed by atoms with Crippen molar-refractivity contribution in [3.05, 3.63) is 48.0 Å². The van der Waals surface area contributed by atoms with Crippen LogP contribution in [0.15, 0.2) is 47.4 Å². The van der Waals surface area contributed by atoms with E-state index in [1.54, 1.807) is 30.2 Å². The van der Waals surface area contributed by atoms with Crippen molar-refractivity contribution in [2.75, 3.05) is 57.7 Å². The Morgan fingerprint density at radius 3 is 2.81 bits per heavy atom. The zero-order valence-electron chi connectivity index (χ0n) is 18.3. The fourth-order valence-corrected chi connectivity index (χ4v) is 5.04. The molecule has 0 N–H and O–H groups in total. The first-order valence-electron chi connectivity index (χ1n) is 10.4. The maximum atomic E-state index is 13.5. The minimum atomic E-state index is -0.0103. The van der Waals surface area contributed by atoms with Crippen molar-refractivity contribution >= 4 is 56.8 Å². The summed E-state index contributed by atoms with van der Waals surface area (Å²) in [6.07, 6.45) is 2.90. The molecule has 0 aliphatic carbocycles. The van der Waals surface area contributed by atoms with Gasteiger partial charge in [0, 0.05) is 42.7 Å². The Labute approximate surface area is 203 Å². The smallest absolute Gasteiger partial charge is 0.260 e. The molecule has 1 aliphatic rings. The number of thiazole rings is 1. The molecule has 0 atom stereocenters. The Balaban J connectivity index is 0.00000289. The van der Waals surface area contributed by atoms with E-state index in [0.717, 1.165) is 65.3 Å². The molecule has 2 heterocycles. The van der Waals surface area contributed by atoms with Gasteiger partial charge in [0.1, 0.15) is 5.75 Å². The molecule has 1 fully saturated rings. The second-order valence-corrected chi connectivity index (χ2v) is 9.22. The fourth-order valence-electron chi connectivity index (χ4n) is 3.61. The predicted molar refractivity (Wildman–Crippen MR) is 135 cm³/mol. The minimum absolute atomic E-state index is 0. The molecule has 1 amide bonds. The molecule has 32 heavy (non-hydrogen) atoms. The monoisotopic (exact) mass is 493 g/mol. The highest BCUT2D eigenvalue weighted by Crippen LogP contribution is 2.32. The Hall–Kier alpha value is -1.84. The number of benzene rings is 2. The van der Waals surface area contributed by atoms with Gasteiger partial charge >= 0.3 is 0 Å². The first-order valence-corrected chi connectivity index (χ1v) is 12.4. The normalized spacial score (nSPS) is 14.2. The topological polar surface area (TPSA) is 54.9 Å². The largest absolute Gasteiger partial charge is 0.497 e. The molecular weight excluding hydrogens is 466 g/mol. The van der Waals surface area contributed by atoms with Crippen LogP contribution in [0.1, 0.15) is 16.8 Å². The Morgan fingerprint density at radius 1 is 1.25 bits per heavy atom. The third-order valence-corrected chi connectivity index (χ3v) is 7.12. The van der Waals surface area contributed by atoms with E-state index in [9.17, 15) is 4.79 Å². The second-order valence-electron chi connectivity index (χ2n) is 7.33. The number of aromatic nitrogens is 1. The third-order valence-electron chi connectivity index (χ3n) is 5.34. The summed E-state index contributed by atoms with van der Waals surface area (Å²) < 4.78 is 11.8. The molecule has 9 heteroatoms. The summed E-state index contributed by atoms with van der Waals surface area (Å²) in [6, 6.07) is 13.6. The molecule has 1 saturated heterocycles. The van der Waals surface area contributed by atoms with E-state index in [1.165, 1.54) is 0 Å². The van der Waals surface area contributed by atoms with Gasteiger partial charge in [-0.05, 0) is 43.0 Å². The van der Waals surface area contributed by atoms with Crippen molar-refractivity contribution in [2.45, 2.75) is 11.3 Å². The molecule has 0 radical (unpaired) electrons. The van der Waals surface area contributed by atoms with Gasteiger partial charge in [0.25, 0.3) is 5.91 Å². The summed E-state index contributed by atoms with van der Waals surface area (Å²) in [7, 11) is 1.65. The Bertz CT molecular complexity index is 1040. The van der Waals surface area contributed by atoms with Crippen molar-refractivity contribution < 1.29 is 14.3 Å². The number of hydrogen-bond acceptors (Lipinski definition) is 7. The lowest BCUT2D eigenvalue weighted by atomic mass is 10.2. The van der Waals surface area contributed by atoms with E-state index < -0.39 is 0 Å². The average molecular weight is 494 g/mol. The van der Waals surface area contributed by atoms with Crippen LogP contribution in [-0.2, 0) is 4.74 Å². The van der Waals surface area contributed by atoms with Gasteiger partial charge in [-0.2, -0.15) is 0 Å².